The second kappa shape index (κ2) is 7.55. The molecule has 9 heteroatoms. The fraction of sp³-hybridized carbons (Fsp3) is 0.294. The van der Waals surface area contributed by atoms with Crippen molar-refractivity contribution >= 4 is 40.0 Å². The zero-order valence-corrected chi connectivity index (χ0v) is 14.3. The summed E-state index contributed by atoms with van der Waals surface area (Å²) in [6.07, 6.45) is -5.18. The van der Waals surface area contributed by atoms with Crippen molar-refractivity contribution in [3.05, 3.63) is 42.5 Å². The SMILES string of the molecule is O=C(CSC1NC(=O)CC(C(F)(F)F)N1)Nc1cccc2ccccc12. The van der Waals surface area contributed by atoms with Gasteiger partial charge in [0, 0.05) is 11.1 Å². The first kappa shape index (κ1) is 18.5. The number of hydrogen-bond donors (Lipinski definition) is 3. The van der Waals surface area contributed by atoms with Crippen LogP contribution in [0.15, 0.2) is 42.5 Å². The van der Waals surface area contributed by atoms with Gasteiger partial charge in [-0.05, 0) is 11.5 Å². The van der Waals surface area contributed by atoms with Crippen molar-refractivity contribution in [2.75, 3.05) is 11.1 Å². The van der Waals surface area contributed by atoms with E-state index in [4.69, 9.17) is 0 Å². The number of carbonyl (C=O) groups excluding carboxylic acids is 2. The summed E-state index contributed by atoms with van der Waals surface area (Å²) in [6, 6.07) is 11.1. The third kappa shape index (κ3) is 4.47. The highest BCUT2D eigenvalue weighted by Crippen LogP contribution is 2.27. The van der Waals surface area contributed by atoms with E-state index in [-0.39, 0.29) is 11.7 Å². The Morgan fingerprint density at radius 1 is 1.19 bits per heavy atom. The number of anilines is 1. The van der Waals surface area contributed by atoms with Gasteiger partial charge < -0.3 is 10.6 Å². The van der Waals surface area contributed by atoms with E-state index in [1.165, 1.54) is 0 Å². The van der Waals surface area contributed by atoms with Crippen molar-refractivity contribution in [1.29, 1.82) is 0 Å². The summed E-state index contributed by atoms with van der Waals surface area (Å²) in [4.78, 5) is 23.6. The largest absolute Gasteiger partial charge is 0.404 e. The number of halogens is 3. The maximum Gasteiger partial charge on any atom is 0.404 e. The highest BCUT2D eigenvalue weighted by atomic mass is 32.2. The fourth-order valence-corrected chi connectivity index (χ4v) is 3.52. The molecule has 2 aromatic carbocycles. The van der Waals surface area contributed by atoms with Crippen LogP contribution >= 0.6 is 11.8 Å². The average molecular weight is 383 g/mol. The van der Waals surface area contributed by atoms with Crippen molar-refractivity contribution in [2.24, 2.45) is 0 Å². The van der Waals surface area contributed by atoms with Crippen LogP contribution in [0, 0.1) is 0 Å². The van der Waals surface area contributed by atoms with Crippen molar-refractivity contribution < 1.29 is 22.8 Å². The molecule has 0 saturated carbocycles. The van der Waals surface area contributed by atoms with Gasteiger partial charge in [0.05, 0.1) is 12.2 Å². The van der Waals surface area contributed by atoms with E-state index in [0.29, 0.717) is 5.69 Å². The normalized spacial score (nSPS) is 20.7. The minimum atomic E-state index is -4.51. The fourth-order valence-electron chi connectivity index (χ4n) is 2.65. The first-order valence-corrected chi connectivity index (χ1v) is 8.89. The second-order valence-electron chi connectivity index (χ2n) is 5.80. The van der Waals surface area contributed by atoms with Crippen LogP contribution in [0.5, 0.6) is 0 Å². The lowest BCUT2D eigenvalue weighted by molar-refractivity contribution is -0.167. The molecule has 2 amide bonds. The molecule has 0 spiro atoms. The lowest BCUT2D eigenvalue weighted by Gasteiger charge is -2.32. The molecule has 1 heterocycles. The van der Waals surface area contributed by atoms with E-state index >= 15 is 0 Å². The number of thioether (sulfide) groups is 1. The minimum absolute atomic E-state index is 0.105. The molecule has 5 nitrogen and oxygen atoms in total. The van der Waals surface area contributed by atoms with Crippen LogP contribution in [0.25, 0.3) is 10.8 Å². The number of fused-ring (bicyclic) bond motifs is 1. The van der Waals surface area contributed by atoms with Crippen LogP contribution in [-0.4, -0.2) is 35.3 Å². The molecule has 0 radical (unpaired) electrons. The van der Waals surface area contributed by atoms with E-state index in [9.17, 15) is 22.8 Å². The molecule has 1 aliphatic rings. The van der Waals surface area contributed by atoms with Gasteiger partial charge in [0.15, 0.2) is 0 Å². The predicted molar refractivity (Wildman–Crippen MR) is 94.6 cm³/mol. The molecule has 0 bridgehead atoms. The minimum Gasteiger partial charge on any atom is -0.332 e. The van der Waals surface area contributed by atoms with E-state index < -0.39 is 30.0 Å². The molecular formula is C17H16F3N3O2S. The Bertz CT molecular complexity index is 823. The van der Waals surface area contributed by atoms with Gasteiger partial charge in [-0.15, -0.1) is 11.8 Å². The number of hydrogen-bond acceptors (Lipinski definition) is 4. The summed E-state index contributed by atoms with van der Waals surface area (Å²) in [7, 11) is 0. The Balaban J connectivity index is 1.59. The molecular weight excluding hydrogens is 367 g/mol. The van der Waals surface area contributed by atoms with Gasteiger partial charge in [0.2, 0.25) is 11.8 Å². The van der Waals surface area contributed by atoms with E-state index in [0.717, 1.165) is 22.5 Å². The quantitative estimate of drug-likeness (QED) is 0.759. The average Bonchev–Trinajstić information content (AvgIpc) is 2.59. The summed E-state index contributed by atoms with van der Waals surface area (Å²) in [5, 5.41) is 9.29. The van der Waals surface area contributed by atoms with Crippen molar-refractivity contribution in [2.45, 2.75) is 24.1 Å². The third-order valence-corrected chi connectivity index (χ3v) is 4.89. The van der Waals surface area contributed by atoms with Crippen LogP contribution in [0.4, 0.5) is 18.9 Å². The lowest BCUT2D eigenvalue weighted by Crippen LogP contribution is -2.59. The molecule has 1 aliphatic heterocycles. The number of nitrogens with one attached hydrogen (secondary N) is 3. The molecule has 26 heavy (non-hydrogen) atoms. The molecule has 1 fully saturated rings. The van der Waals surface area contributed by atoms with Crippen molar-refractivity contribution in [3.8, 4) is 0 Å². The molecule has 0 aliphatic carbocycles. The number of rotatable bonds is 4. The Morgan fingerprint density at radius 2 is 1.92 bits per heavy atom. The second-order valence-corrected chi connectivity index (χ2v) is 6.89. The van der Waals surface area contributed by atoms with Gasteiger partial charge >= 0.3 is 6.18 Å². The number of alkyl halides is 3. The van der Waals surface area contributed by atoms with Crippen LogP contribution in [-0.2, 0) is 9.59 Å². The molecule has 138 valence electrons. The molecule has 2 aromatic rings. The smallest absolute Gasteiger partial charge is 0.332 e. The summed E-state index contributed by atoms with van der Waals surface area (Å²) in [6.45, 7) is 0. The number of benzene rings is 2. The zero-order chi connectivity index (χ0) is 18.7. The molecule has 1 saturated heterocycles. The summed E-state index contributed by atoms with van der Waals surface area (Å²) in [5.41, 5.74) is -0.344. The van der Waals surface area contributed by atoms with Gasteiger partial charge in [-0.25, -0.2) is 0 Å². The summed E-state index contributed by atoms with van der Waals surface area (Å²) < 4.78 is 38.4. The molecule has 2 atom stereocenters. The standard InChI is InChI=1S/C17H16F3N3O2S/c18-17(19,20)13-8-14(24)23-16(22-13)26-9-15(25)21-12-7-3-5-10-4-1-2-6-11(10)12/h1-7,13,16,22H,8-9H2,(H,21,25)(H,23,24). The van der Waals surface area contributed by atoms with Crippen molar-refractivity contribution in [3.63, 3.8) is 0 Å². The highest BCUT2D eigenvalue weighted by Gasteiger charge is 2.44. The Morgan fingerprint density at radius 3 is 2.69 bits per heavy atom. The van der Waals surface area contributed by atoms with E-state index in [1.54, 1.807) is 6.07 Å². The molecule has 3 rings (SSSR count). The van der Waals surface area contributed by atoms with Gasteiger partial charge in [-0.3, -0.25) is 14.9 Å². The van der Waals surface area contributed by atoms with Crippen LogP contribution in [0.1, 0.15) is 6.42 Å². The Hall–Kier alpha value is -2.26. The Labute approximate surface area is 151 Å². The maximum atomic E-state index is 12.8. The predicted octanol–water partition coefficient (Wildman–Crippen LogP) is 2.84. The highest BCUT2D eigenvalue weighted by molar-refractivity contribution is 8.00. The van der Waals surface area contributed by atoms with Gasteiger partial charge in [0.1, 0.15) is 11.5 Å². The number of amides is 2. The lowest BCUT2D eigenvalue weighted by atomic mass is 10.1. The van der Waals surface area contributed by atoms with Crippen LogP contribution in [0.3, 0.4) is 0 Å². The first-order chi connectivity index (χ1) is 12.3. The first-order valence-electron chi connectivity index (χ1n) is 7.84. The topological polar surface area (TPSA) is 70.2 Å². The monoisotopic (exact) mass is 383 g/mol. The van der Waals surface area contributed by atoms with Gasteiger partial charge in [0.25, 0.3) is 0 Å². The summed E-state index contributed by atoms with van der Waals surface area (Å²) in [5.74, 6) is -1.17. The molecule has 3 N–H and O–H groups in total. The van der Waals surface area contributed by atoms with Crippen molar-refractivity contribution in [1.82, 2.24) is 10.6 Å². The Kier molecular flexibility index (Phi) is 5.38. The van der Waals surface area contributed by atoms with E-state index in [2.05, 4.69) is 16.0 Å². The summed E-state index contributed by atoms with van der Waals surface area (Å²) >= 11 is 0.899. The van der Waals surface area contributed by atoms with Crippen LogP contribution in [0.2, 0.25) is 0 Å². The van der Waals surface area contributed by atoms with Crippen LogP contribution < -0.4 is 16.0 Å². The third-order valence-electron chi connectivity index (χ3n) is 3.87. The van der Waals surface area contributed by atoms with E-state index in [1.807, 2.05) is 36.4 Å². The number of carbonyl (C=O) groups is 2. The molecule has 2 unspecified atom stereocenters. The zero-order valence-electron chi connectivity index (χ0n) is 13.5. The molecule has 0 aromatic heterocycles. The maximum absolute atomic E-state index is 12.8. The van der Waals surface area contributed by atoms with Gasteiger partial charge in [-0.2, -0.15) is 13.2 Å². The van der Waals surface area contributed by atoms with Gasteiger partial charge in [-0.1, -0.05) is 36.4 Å².